The third-order valence-electron chi connectivity index (χ3n) is 3.88. The van der Waals surface area contributed by atoms with Gasteiger partial charge in [0, 0.05) is 12.0 Å². The molecule has 2 aromatic carbocycles. The summed E-state index contributed by atoms with van der Waals surface area (Å²) in [5.41, 5.74) is 7.24. The van der Waals surface area contributed by atoms with Gasteiger partial charge in [0.25, 0.3) is 0 Å². The summed E-state index contributed by atoms with van der Waals surface area (Å²) in [4.78, 5) is 16.6. The average molecular weight is 376 g/mol. The Morgan fingerprint density at radius 2 is 1.85 bits per heavy atom. The number of benzene rings is 2. The molecule has 0 saturated heterocycles. The summed E-state index contributed by atoms with van der Waals surface area (Å²) in [5, 5.41) is 0.732. The number of hydrogen-bond donors (Lipinski definition) is 1. The second-order valence-corrected chi connectivity index (χ2v) is 6.92. The van der Waals surface area contributed by atoms with Gasteiger partial charge in [-0.2, -0.15) is 13.2 Å². The fraction of sp³-hybridized carbons (Fsp3) is 0.158. The quantitative estimate of drug-likeness (QED) is 0.709. The lowest BCUT2D eigenvalue weighted by Gasteiger charge is -2.07. The van der Waals surface area contributed by atoms with Gasteiger partial charge in [0.05, 0.1) is 21.1 Å². The van der Waals surface area contributed by atoms with E-state index in [1.165, 1.54) is 17.4 Å². The molecule has 0 aliphatic rings. The molecule has 26 heavy (non-hydrogen) atoms. The zero-order chi connectivity index (χ0) is 18.9. The first kappa shape index (κ1) is 18.1. The zero-order valence-corrected chi connectivity index (χ0v) is 14.6. The Hall–Kier alpha value is -2.67. The molecule has 3 nitrogen and oxygen atoms in total. The zero-order valence-electron chi connectivity index (χ0n) is 13.8. The SMILES string of the molecule is Cc1nc(Cc2cccc(C(F)(F)F)c2)sc1-c1ccc(C(N)=O)cc1. The van der Waals surface area contributed by atoms with Crippen LogP contribution in [0.1, 0.15) is 32.2 Å². The van der Waals surface area contributed by atoms with Crippen LogP contribution in [0.2, 0.25) is 0 Å². The molecule has 134 valence electrons. The lowest BCUT2D eigenvalue weighted by Crippen LogP contribution is -2.10. The highest BCUT2D eigenvalue weighted by Gasteiger charge is 2.30. The van der Waals surface area contributed by atoms with Gasteiger partial charge in [0.1, 0.15) is 0 Å². The summed E-state index contributed by atoms with van der Waals surface area (Å²) in [6, 6.07) is 12.1. The van der Waals surface area contributed by atoms with Crippen LogP contribution in [0.5, 0.6) is 0 Å². The lowest BCUT2D eigenvalue weighted by atomic mass is 10.1. The molecular weight excluding hydrogens is 361 g/mol. The number of nitrogens with two attached hydrogens (primary N) is 1. The molecule has 0 fully saturated rings. The maximum atomic E-state index is 12.8. The van der Waals surface area contributed by atoms with E-state index in [2.05, 4.69) is 4.98 Å². The molecule has 1 aromatic heterocycles. The fourth-order valence-electron chi connectivity index (χ4n) is 2.61. The van der Waals surface area contributed by atoms with Crippen LogP contribution in [-0.2, 0) is 12.6 Å². The van der Waals surface area contributed by atoms with Gasteiger partial charge < -0.3 is 5.73 Å². The van der Waals surface area contributed by atoms with Gasteiger partial charge in [0.2, 0.25) is 5.91 Å². The first-order chi connectivity index (χ1) is 12.2. The number of amides is 1. The molecule has 3 aromatic rings. The van der Waals surface area contributed by atoms with E-state index in [0.29, 0.717) is 17.5 Å². The molecule has 0 unspecified atom stereocenters. The van der Waals surface area contributed by atoms with Crippen molar-refractivity contribution in [1.29, 1.82) is 0 Å². The Morgan fingerprint density at radius 1 is 1.15 bits per heavy atom. The molecule has 2 N–H and O–H groups in total. The predicted octanol–water partition coefficient (Wildman–Crippen LogP) is 4.83. The standard InChI is InChI=1S/C19H15F3N2OS/c1-11-17(13-5-7-14(8-6-13)18(23)25)26-16(24-11)10-12-3-2-4-15(9-12)19(20,21)22/h2-9H,10H2,1H3,(H2,23,25). The van der Waals surface area contributed by atoms with Crippen LogP contribution >= 0.6 is 11.3 Å². The Bertz CT molecular complexity index is 946. The highest BCUT2D eigenvalue weighted by Crippen LogP contribution is 2.33. The molecule has 1 amide bonds. The van der Waals surface area contributed by atoms with Crippen molar-refractivity contribution in [2.45, 2.75) is 19.5 Å². The maximum absolute atomic E-state index is 12.8. The Labute approximate surface area is 152 Å². The summed E-state index contributed by atoms with van der Waals surface area (Å²) < 4.78 is 38.5. The molecule has 0 spiro atoms. The van der Waals surface area contributed by atoms with Crippen LogP contribution in [0.25, 0.3) is 10.4 Å². The van der Waals surface area contributed by atoms with E-state index in [1.54, 1.807) is 30.3 Å². The van der Waals surface area contributed by atoms with Gasteiger partial charge >= 0.3 is 6.18 Å². The van der Waals surface area contributed by atoms with Crippen molar-refractivity contribution in [3.63, 3.8) is 0 Å². The van der Waals surface area contributed by atoms with Crippen LogP contribution in [0, 0.1) is 6.92 Å². The largest absolute Gasteiger partial charge is 0.416 e. The normalized spacial score (nSPS) is 11.5. The minimum Gasteiger partial charge on any atom is -0.366 e. The smallest absolute Gasteiger partial charge is 0.366 e. The van der Waals surface area contributed by atoms with E-state index in [1.807, 2.05) is 6.92 Å². The average Bonchev–Trinajstić information content (AvgIpc) is 2.94. The van der Waals surface area contributed by atoms with Crippen molar-refractivity contribution < 1.29 is 18.0 Å². The molecule has 7 heteroatoms. The summed E-state index contributed by atoms with van der Waals surface area (Å²) in [6.07, 6.45) is -4.03. The third-order valence-corrected chi connectivity index (χ3v) is 5.09. The number of aromatic nitrogens is 1. The highest BCUT2D eigenvalue weighted by atomic mass is 32.1. The third kappa shape index (κ3) is 3.94. The van der Waals surface area contributed by atoms with Crippen molar-refractivity contribution in [2.24, 2.45) is 5.73 Å². The summed E-state index contributed by atoms with van der Waals surface area (Å²) in [5.74, 6) is -0.497. The van der Waals surface area contributed by atoms with Crippen molar-refractivity contribution in [3.05, 3.63) is 75.9 Å². The van der Waals surface area contributed by atoms with Crippen molar-refractivity contribution in [2.75, 3.05) is 0 Å². The number of nitrogens with zero attached hydrogens (tertiary/aromatic N) is 1. The monoisotopic (exact) mass is 376 g/mol. The van der Waals surface area contributed by atoms with Crippen molar-refractivity contribution >= 4 is 17.2 Å². The molecule has 0 aliphatic heterocycles. The number of carbonyl (C=O) groups is 1. The number of rotatable bonds is 4. The van der Waals surface area contributed by atoms with Crippen LogP contribution in [0.15, 0.2) is 48.5 Å². The van der Waals surface area contributed by atoms with E-state index >= 15 is 0 Å². The highest BCUT2D eigenvalue weighted by molar-refractivity contribution is 7.15. The van der Waals surface area contributed by atoms with Crippen LogP contribution < -0.4 is 5.73 Å². The molecule has 0 saturated carbocycles. The second kappa shape index (κ2) is 6.92. The number of primary amides is 1. The Morgan fingerprint density at radius 3 is 2.46 bits per heavy atom. The molecule has 1 heterocycles. The van der Waals surface area contributed by atoms with E-state index in [-0.39, 0.29) is 0 Å². The number of carbonyl (C=O) groups excluding carboxylic acids is 1. The minimum atomic E-state index is -4.36. The first-order valence-electron chi connectivity index (χ1n) is 7.77. The van der Waals surface area contributed by atoms with Gasteiger partial charge in [-0.1, -0.05) is 30.3 Å². The molecule has 0 radical (unpaired) electrons. The predicted molar refractivity (Wildman–Crippen MR) is 95.1 cm³/mol. The number of aryl methyl sites for hydroxylation is 1. The van der Waals surface area contributed by atoms with E-state index in [4.69, 9.17) is 5.73 Å². The Balaban J connectivity index is 1.86. The number of alkyl halides is 3. The number of halogens is 3. The number of thiazole rings is 1. The number of hydrogen-bond acceptors (Lipinski definition) is 3. The van der Waals surface area contributed by atoms with Gasteiger partial charge in [-0.3, -0.25) is 4.79 Å². The van der Waals surface area contributed by atoms with Crippen LogP contribution in [0.4, 0.5) is 13.2 Å². The molecule has 0 atom stereocenters. The molecule has 0 bridgehead atoms. The molecule has 3 rings (SSSR count). The van der Waals surface area contributed by atoms with Gasteiger partial charge in [0.15, 0.2) is 0 Å². The van der Waals surface area contributed by atoms with Gasteiger partial charge in [-0.15, -0.1) is 11.3 Å². The first-order valence-corrected chi connectivity index (χ1v) is 8.58. The van der Waals surface area contributed by atoms with Gasteiger partial charge in [-0.05, 0) is 36.2 Å². The maximum Gasteiger partial charge on any atom is 0.416 e. The lowest BCUT2D eigenvalue weighted by molar-refractivity contribution is -0.137. The summed E-state index contributed by atoms with van der Waals surface area (Å²) in [6.45, 7) is 1.85. The van der Waals surface area contributed by atoms with Crippen molar-refractivity contribution in [1.82, 2.24) is 4.98 Å². The van der Waals surface area contributed by atoms with E-state index in [0.717, 1.165) is 33.3 Å². The molecular formula is C19H15F3N2OS. The second-order valence-electron chi connectivity index (χ2n) is 5.84. The van der Waals surface area contributed by atoms with E-state index < -0.39 is 17.6 Å². The summed E-state index contributed by atoms with van der Waals surface area (Å²) >= 11 is 1.43. The van der Waals surface area contributed by atoms with E-state index in [9.17, 15) is 18.0 Å². The van der Waals surface area contributed by atoms with Crippen LogP contribution in [0.3, 0.4) is 0 Å². The summed E-state index contributed by atoms with van der Waals surface area (Å²) in [7, 11) is 0. The van der Waals surface area contributed by atoms with Crippen LogP contribution in [-0.4, -0.2) is 10.9 Å². The Kier molecular flexibility index (Phi) is 4.82. The van der Waals surface area contributed by atoms with Gasteiger partial charge in [-0.25, -0.2) is 4.98 Å². The molecule has 0 aliphatic carbocycles. The minimum absolute atomic E-state index is 0.328. The van der Waals surface area contributed by atoms with Crippen molar-refractivity contribution in [3.8, 4) is 10.4 Å². The fourth-order valence-corrected chi connectivity index (χ4v) is 3.72. The topological polar surface area (TPSA) is 56.0 Å².